The van der Waals surface area contributed by atoms with E-state index in [1.165, 1.54) is 12.4 Å². The Labute approximate surface area is 132 Å². The van der Waals surface area contributed by atoms with Crippen molar-refractivity contribution in [3.8, 4) is 17.0 Å². The lowest BCUT2D eigenvalue weighted by molar-refractivity contribution is 0.403. The Bertz CT molecular complexity index is 836. The minimum absolute atomic E-state index is 0.0853. The number of rotatable bonds is 2. The number of halogens is 1. The summed E-state index contributed by atoms with van der Waals surface area (Å²) in [7, 11) is 1.59. The van der Waals surface area contributed by atoms with Gasteiger partial charge in [0.05, 0.1) is 12.5 Å². The number of thiophene rings is 1. The molecule has 2 aromatic heterocycles. The number of fused-ring (bicyclic) bond motifs is 1. The molecule has 5 heteroatoms. The average Bonchev–Trinajstić information content (AvgIpc) is 2.86. The lowest BCUT2D eigenvalue weighted by Crippen LogP contribution is -2.10. The molecule has 3 aromatic rings. The molecule has 0 radical (unpaired) electrons. The highest BCUT2D eigenvalue weighted by Crippen LogP contribution is 2.46. The van der Waals surface area contributed by atoms with Crippen LogP contribution in [-0.2, 0) is 5.41 Å². The van der Waals surface area contributed by atoms with Crippen molar-refractivity contribution >= 4 is 21.6 Å². The van der Waals surface area contributed by atoms with Crippen LogP contribution in [0.25, 0.3) is 21.3 Å². The summed E-state index contributed by atoms with van der Waals surface area (Å²) in [5.74, 6) is 0.267. The lowest BCUT2D eigenvalue weighted by Gasteiger charge is -2.19. The van der Waals surface area contributed by atoms with E-state index in [2.05, 4.69) is 30.7 Å². The molecule has 2 heterocycles. The second-order valence-electron chi connectivity index (χ2n) is 6.13. The van der Waals surface area contributed by atoms with Crippen molar-refractivity contribution in [3.63, 3.8) is 0 Å². The molecular formula is C17H17FN2OS. The number of ether oxygens (including phenoxy) is 1. The predicted octanol–water partition coefficient (Wildman–Crippen LogP) is 4.80. The summed E-state index contributed by atoms with van der Waals surface area (Å²) in [5.41, 5.74) is 1.70. The zero-order valence-electron chi connectivity index (χ0n) is 13.0. The van der Waals surface area contributed by atoms with Crippen molar-refractivity contribution in [1.82, 2.24) is 9.97 Å². The molecule has 0 spiro atoms. The van der Waals surface area contributed by atoms with Gasteiger partial charge in [-0.25, -0.2) is 14.4 Å². The van der Waals surface area contributed by atoms with Crippen molar-refractivity contribution in [1.29, 1.82) is 0 Å². The van der Waals surface area contributed by atoms with Crippen LogP contribution in [-0.4, -0.2) is 17.1 Å². The number of hydrogen-bond acceptors (Lipinski definition) is 4. The topological polar surface area (TPSA) is 35.0 Å². The number of benzene rings is 1. The van der Waals surface area contributed by atoms with E-state index in [-0.39, 0.29) is 11.2 Å². The molecule has 0 atom stereocenters. The molecule has 0 N–H and O–H groups in total. The maximum absolute atomic E-state index is 13.7. The summed E-state index contributed by atoms with van der Waals surface area (Å²) >= 11 is 1.61. The van der Waals surface area contributed by atoms with Gasteiger partial charge in [-0.3, -0.25) is 0 Å². The van der Waals surface area contributed by atoms with Gasteiger partial charge in [-0.05, 0) is 23.1 Å². The van der Waals surface area contributed by atoms with Gasteiger partial charge < -0.3 is 4.74 Å². The average molecular weight is 316 g/mol. The van der Waals surface area contributed by atoms with Crippen molar-refractivity contribution in [3.05, 3.63) is 41.3 Å². The molecule has 1 aromatic carbocycles. The van der Waals surface area contributed by atoms with E-state index in [4.69, 9.17) is 4.74 Å². The van der Waals surface area contributed by atoms with Gasteiger partial charge in [-0.2, -0.15) is 0 Å². The van der Waals surface area contributed by atoms with Crippen LogP contribution < -0.4 is 4.74 Å². The first-order chi connectivity index (χ1) is 10.4. The molecule has 0 aliphatic heterocycles. The van der Waals surface area contributed by atoms with E-state index >= 15 is 0 Å². The molecule has 0 amide bonds. The molecule has 0 saturated heterocycles. The highest BCUT2D eigenvalue weighted by atomic mass is 32.1. The molecule has 0 fully saturated rings. The fraction of sp³-hybridized carbons (Fsp3) is 0.294. The Morgan fingerprint density at radius 1 is 1.18 bits per heavy atom. The summed E-state index contributed by atoms with van der Waals surface area (Å²) in [6.45, 7) is 6.42. The quantitative estimate of drug-likeness (QED) is 0.681. The highest BCUT2D eigenvalue weighted by Gasteiger charge is 2.27. The SMILES string of the molecule is COc1ncnc2sc(C(C)(C)C)c(-c3cccc(F)c3)c12. The van der Waals surface area contributed by atoms with E-state index in [1.54, 1.807) is 30.6 Å². The highest BCUT2D eigenvalue weighted by molar-refractivity contribution is 7.19. The van der Waals surface area contributed by atoms with E-state index in [0.717, 1.165) is 26.2 Å². The molecule has 3 rings (SSSR count). The van der Waals surface area contributed by atoms with Gasteiger partial charge in [0.15, 0.2) is 0 Å². The van der Waals surface area contributed by atoms with Crippen LogP contribution in [0.4, 0.5) is 4.39 Å². The summed E-state index contributed by atoms with van der Waals surface area (Å²) in [6.07, 6.45) is 1.50. The van der Waals surface area contributed by atoms with Gasteiger partial charge >= 0.3 is 0 Å². The van der Waals surface area contributed by atoms with E-state index < -0.39 is 0 Å². The maximum Gasteiger partial charge on any atom is 0.225 e. The monoisotopic (exact) mass is 316 g/mol. The van der Waals surface area contributed by atoms with Gasteiger partial charge in [0.1, 0.15) is 17.0 Å². The van der Waals surface area contributed by atoms with Crippen LogP contribution in [0, 0.1) is 5.82 Å². The molecular weight excluding hydrogens is 299 g/mol. The van der Waals surface area contributed by atoms with Crippen LogP contribution in [0.5, 0.6) is 5.88 Å². The molecule has 22 heavy (non-hydrogen) atoms. The number of nitrogens with zero attached hydrogens (tertiary/aromatic N) is 2. The van der Waals surface area contributed by atoms with Gasteiger partial charge in [0.25, 0.3) is 0 Å². The Hall–Kier alpha value is -2.01. The van der Waals surface area contributed by atoms with Crippen molar-refractivity contribution in [2.24, 2.45) is 0 Å². The zero-order valence-corrected chi connectivity index (χ0v) is 13.8. The number of methoxy groups -OCH3 is 1. The Balaban J connectivity index is 2.43. The lowest BCUT2D eigenvalue weighted by atomic mass is 9.88. The first-order valence-electron chi connectivity index (χ1n) is 6.99. The summed E-state index contributed by atoms with van der Waals surface area (Å²) in [5, 5.41) is 0.852. The van der Waals surface area contributed by atoms with Crippen LogP contribution >= 0.6 is 11.3 Å². The van der Waals surface area contributed by atoms with Crippen molar-refractivity contribution < 1.29 is 9.13 Å². The van der Waals surface area contributed by atoms with Crippen LogP contribution in [0.1, 0.15) is 25.6 Å². The smallest absolute Gasteiger partial charge is 0.225 e. The molecule has 0 bridgehead atoms. The summed E-state index contributed by atoms with van der Waals surface area (Å²) in [4.78, 5) is 10.6. The van der Waals surface area contributed by atoms with Gasteiger partial charge in [0, 0.05) is 10.4 Å². The molecule has 0 saturated carbocycles. The van der Waals surface area contributed by atoms with E-state index in [1.807, 2.05) is 6.07 Å². The molecule has 0 aliphatic rings. The third kappa shape index (κ3) is 2.46. The van der Waals surface area contributed by atoms with Crippen LogP contribution in [0.2, 0.25) is 0 Å². The number of aromatic nitrogens is 2. The molecule has 0 aliphatic carbocycles. The second-order valence-corrected chi connectivity index (χ2v) is 7.13. The predicted molar refractivity (Wildman–Crippen MR) is 88.1 cm³/mol. The van der Waals surface area contributed by atoms with E-state index in [0.29, 0.717) is 5.88 Å². The van der Waals surface area contributed by atoms with Crippen molar-refractivity contribution in [2.75, 3.05) is 7.11 Å². The Morgan fingerprint density at radius 3 is 2.59 bits per heavy atom. The third-order valence-corrected chi connectivity index (χ3v) is 4.96. The van der Waals surface area contributed by atoms with E-state index in [9.17, 15) is 4.39 Å². The first-order valence-corrected chi connectivity index (χ1v) is 7.81. The van der Waals surface area contributed by atoms with Gasteiger partial charge in [0.2, 0.25) is 5.88 Å². The fourth-order valence-electron chi connectivity index (χ4n) is 2.51. The van der Waals surface area contributed by atoms with Gasteiger partial charge in [-0.1, -0.05) is 32.9 Å². The second kappa shape index (κ2) is 5.32. The number of hydrogen-bond donors (Lipinski definition) is 0. The molecule has 0 unspecified atom stereocenters. The van der Waals surface area contributed by atoms with Crippen molar-refractivity contribution in [2.45, 2.75) is 26.2 Å². The minimum Gasteiger partial charge on any atom is -0.480 e. The fourth-order valence-corrected chi connectivity index (χ4v) is 3.72. The van der Waals surface area contributed by atoms with Crippen LogP contribution in [0.3, 0.4) is 0 Å². The zero-order chi connectivity index (χ0) is 15.9. The van der Waals surface area contributed by atoms with Gasteiger partial charge in [-0.15, -0.1) is 11.3 Å². The Morgan fingerprint density at radius 2 is 1.95 bits per heavy atom. The Kier molecular flexibility index (Phi) is 3.60. The van der Waals surface area contributed by atoms with Crippen LogP contribution in [0.15, 0.2) is 30.6 Å². The normalized spacial score (nSPS) is 11.9. The first kappa shape index (κ1) is 14.9. The molecule has 3 nitrogen and oxygen atoms in total. The maximum atomic E-state index is 13.7. The largest absolute Gasteiger partial charge is 0.480 e. The summed E-state index contributed by atoms with van der Waals surface area (Å²) in [6, 6.07) is 6.62. The molecule has 114 valence electrons. The minimum atomic E-state index is -0.257. The summed E-state index contributed by atoms with van der Waals surface area (Å²) < 4.78 is 19.1. The third-order valence-electron chi connectivity index (χ3n) is 3.44. The standard InChI is InChI=1S/C17H17FN2OS/c1-17(2,3)14-12(10-6-5-7-11(18)8-10)13-15(21-4)19-9-20-16(13)22-14/h5-9H,1-4H3.